The van der Waals surface area contributed by atoms with E-state index >= 15 is 0 Å². The Balaban J connectivity index is 1.56. The predicted molar refractivity (Wildman–Crippen MR) is 103 cm³/mol. The van der Waals surface area contributed by atoms with Gasteiger partial charge in [-0.25, -0.2) is 0 Å². The number of rotatable bonds is 5. The average molecular weight is 377 g/mol. The van der Waals surface area contributed by atoms with Gasteiger partial charge in [0.1, 0.15) is 11.5 Å². The summed E-state index contributed by atoms with van der Waals surface area (Å²) in [5.41, 5.74) is 0.585. The van der Waals surface area contributed by atoms with E-state index in [2.05, 4.69) is 10.6 Å². The van der Waals surface area contributed by atoms with Crippen molar-refractivity contribution < 1.29 is 19.2 Å². The number of carbonyl (C=O) groups is 2. The van der Waals surface area contributed by atoms with E-state index in [1.807, 2.05) is 30.3 Å². The minimum absolute atomic E-state index is 0.111. The maximum absolute atomic E-state index is 12.0. The summed E-state index contributed by atoms with van der Waals surface area (Å²) < 4.78 is 5.65. The molecule has 3 rings (SSSR count). The van der Waals surface area contributed by atoms with Crippen molar-refractivity contribution in [3.63, 3.8) is 0 Å². The Morgan fingerprint density at radius 3 is 1.68 bits per heavy atom. The lowest BCUT2D eigenvalue weighted by Crippen LogP contribution is -2.29. The highest BCUT2D eigenvalue weighted by atomic mass is 16.6. The number of carbonyl (C=O) groups excluding carboxylic acids is 2. The van der Waals surface area contributed by atoms with Crippen molar-refractivity contribution in [1.82, 2.24) is 0 Å². The second kappa shape index (κ2) is 8.45. The van der Waals surface area contributed by atoms with Gasteiger partial charge in [-0.3, -0.25) is 19.7 Å². The molecule has 28 heavy (non-hydrogen) atoms. The van der Waals surface area contributed by atoms with Gasteiger partial charge in [0.2, 0.25) is 0 Å². The summed E-state index contributed by atoms with van der Waals surface area (Å²) in [6.07, 6.45) is 0. The van der Waals surface area contributed by atoms with Crippen molar-refractivity contribution in [2.75, 3.05) is 10.6 Å². The van der Waals surface area contributed by atoms with E-state index in [1.54, 1.807) is 24.3 Å². The SMILES string of the molecule is O=C(Nc1ccc(Oc2ccccc2)cc1)C(=O)Nc1ccc([N+](=O)[O-])cc1. The Bertz CT molecular complexity index is 987. The van der Waals surface area contributed by atoms with Crippen molar-refractivity contribution in [3.05, 3.63) is 89.0 Å². The molecular weight excluding hydrogens is 362 g/mol. The Hall–Kier alpha value is -4.20. The first kappa shape index (κ1) is 18.6. The Morgan fingerprint density at radius 1 is 0.714 bits per heavy atom. The van der Waals surface area contributed by atoms with Crippen LogP contribution in [0.5, 0.6) is 11.5 Å². The van der Waals surface area contributed by atoms with Crippen molar-refractivity contribution in [2.45, 2.75) is 0 Å². The van der Waals surface area contributed by atoms with Crippen LogP contribution in [0.1, 0.15) is 0 Å². The van der Waals surface area contributed by atoms with Crippen molar-refractivity contribution in [1.29, 1.82) is 0 Å². The third kappa shape index (κ3) is 4.92. The van der Waals surface area contributed by atoms with Gasteiger partial charge in [-0.1, -0.05) is 18.2 Å². The molecule has 2 amide bonds. The number of ether oxygens (including phenoxy) is 1. The van der Waals surface area contributed by atoms with Crippen LogP contribution in [-0.4, -0.2) is 16.7 Å². The fourth-order valence-corrected chi connectivity index (χ4v) is 2.27. The Morgan fingerprint density at radius 2 is 1.18 bits per heavy atom. The summed E-state index contributed by atoms with van der Waals surface area (Å²) in [5.74, 6) is -0.491. The Kier molecular flexibility index (Phi) is 5.61. The predicted octanol–water partition coefficient (Wildman–Crippen LogP) is 3.96. The maximum Gasteiger partial charge on any atom is 0.314 e. The number of nitro benzene ring substituents is 1. The molecule has 0 saturated heterocycles. The summed E-state index contributed by atoms with van der Waals surface area (Å²) >= 11 is 0. The molecule has 0 heterocycles. The summed E-state index contributed by atoms with van der Waals surface area (Å²) in [4.78, 5) is 34.0. The molecular formula is C20H15N3O5. The van der Waals surface area contributed by atoms with Crippen LogP contribution in [0.15, 0.2) is 78.9 Å². The van der Waals surface area contributed by atoms with E-state index in [4.69, 9.17) is 4.74 Å². The van der Waals surface area contributed by atoms with Gasteiger partial charge in [0.25, 0.3) is 5.69 Å². The lowest BCUT2D eigenvalue weighted by Gasteiger charge is -2.08. The van der Waals surface area contributed by atoms with Crippen LogP contribution in [0.25, 0.3) is 0 Å². The number of non-ortho nitro benzene ring substituents is 1. The first-order valence-corrected chi connectivity index (χ1v) is 8.21. The van der Waals surface area contributed by atoms with Crippen molar-refractivity contribution >= 4 is 28.9 Å². The standard InChI is InChI=1S/C20H15N3O5/c24-19(21-14-6-10-16(11-7-14)23(26)27)20(25)22-15-8-12-18(13-9-15)28-17-4-2-1-3-5-17/h1-13H,(H,21,24)(H,22,25). The second-order valence-electron chi connectivity index (χ2n) is 5.65. The molecule has 3 aromatic rings. The number of anilines is 2. The van der Waals surface area contributed by atoms with E-state index < -0.39 is 16.7 Å². The number of para-hydroxylation sites is 1. The molecule has 0 aliphatic carbocycles. The van der Waals surface area contributed by atoms with Crippen LogP contribution in [0, 0.1) is 10.1 Å². The number of hydrogen-bond acceptors (Lipinski definition) is 5. The van der Waals surface area contributed by atoms with E-state index in [0.29, 0.717) is 17.2 Å². The number of nitrogens with zero attached hydrogens (tertiary/aromatic N) is 1. The summed E-state index contributed by atoms with van der Waals surface area (Å²) in [6.45, 7) is 0. The van der Waals surface area contributed by atoms with Crippen LogP contribution in [-0.2, 0) is 9.59 Å². The molecule has 2 N–H and O–H groups in total. The van der Waals surface area contributed by atoms with Gasteiger partial charge < -0.3 is 15.4 Å². The highest BCUT2D eigenvalue weighted by molar-refractivity contribution is 6.43. The zero-order valence-corrected chi connectivity index (χ0v) is 14.5. The van der Waals surface area contributed by atoms with Gasteiger partial charge >= 0.3 is 11.8 Å². The first-order chi connectivity index (χ1) is 13.5. The molecule has 3 aromatic carbocycles. The highest BCUT2D eigenvalue weighted by Gasteiger charge is 2.15. The molecule has 0 radical (unpaired) electrons. The van der Waals surface area contributed by atoms with Crippen molar-refractivity contribution in [2.24, 2.45) is 0 Å². The molecule has 8 heteroatoms. The fourth-order valence-electron chi connectivity index (χ4n) is 2.27. The van der Waals surface area contributed by atoms with Crippen LogP contribution in [0.4, 0.5) is 17.1 Å². The Labute approximate surface area is 159 Å². The van der Waals surface area contributed by atoms with Crippen molar-refractivity contribution in [3.8, 4) is 11.5 Å². The number of hydrogen-bond donors (Lipinski definition) is 2. The molecule has 0 aliphatic rings. The summed E-state index contributed by atoms with van der Waals surface area (Å²) in [6, 6.07) is 20.9. The van der Waals surface area contributed by atoms with Gasteiger partial charge in [-0.15, -0.1) is 0 Å². The fraction of sp³-hybridized carbons (Fsp3) is 0. The lowest BCUT2D eigenvalue weighted by molar-refractivity contribution is -0.384. The molecule has 0 saturated carbocycles. The molecule has 0 spiro atoms. The van der Waals surface area contributed by atoms with Gasteiger partial charge in [0, 0.05) is 23.5 Å². The summed E-state index contributed by atoms with van der Waals surface area (Å²) in [7, 11) is 0. The van der Waals surface area contributed by atoms with Gasteiger partial charge in [-0.2, -0.15) is 0 Å². The summed E-state index contributed by atoms with van der Waals surface area (Å²) in [5, 5.41) is 15.5. The van der Waals surface area contributed by atoms with Crippen LogP contribution >= 0.6 is 0 Å². The van der Waals surface area contributed by atoms with Crippen LogP contribution in [0.3, 0.4) is 0 Å². The van der Waals surface area contributed by atoms with Gasteiger partial charge in [0.05, 0.1) is 4.92 Å². The maximum atomic E-state index is 12.0. The second-order valence-corrected chi connectivity index (χ2v) is 5.65. The third-order valence-electron chi connectivity index (χ3n) is 3.63. The minimum Gasteiger partial charge on any atom is -0.457 e. The lowest BCUT2D eigenvalue weighted by atomic mass is 10.2. The smallest absolute Gasteiger partial charge is 0.314 e. The number of benzene rings is 3. The molecule has 0 fully saturated rings. The number of nitro groups is 1. The molecule has 140 valence electrons. The largest absolute Gasteiger partial charge is 0.457 e. The minimum atomic E-state index is -0.890. The first-order valence-electron chi connectivity index (χ1n) is 8.21. The molecule has 0 unspecified atom stereocenters. The topological polar surface area (TPSA) is 111 Å². The molecule has 0 atom stereocenters. The van der Waals surface area contributed by atoms with E-state index in [1.165, 1.54) is 24.3 Å². The monoisotopic (exact) mass is 377 g/mol. The van der Waals surface area contributed by atoms with E-state index in [0.717, 1.165) is 0 Å². The van der Waals surface area contributed by atoms with E-state index in [-0.39, 0.29) is 11.4 Å². The van der Waals surface area contributed by atoms with Gasteiger partial charge in [0.15, 0.2) is 0 Å². The molecule has 8 nitrogen and oxygen atoms in total. The van der Waals surface area contributed by atoms with Gasteiger partial charge in [-0.05, 0) is 48.5 Å². The third-order valence-corrected chi connectivity index (χ3v) is 3.63. The van der Waals surface area contributed by atoms with E-state index in [9.17, 15) is 19.7 Å². The normalized spacial score (nSPS) is 10.0. The zero-order chi connectivity index (χ0) is 19.9. The molecule has 0 aliphatic heterocycles. The molecule has 0 aromatic heterocycles. The highest BCUT2D eigenvalue weighted by Crippen LogP contribution is 2.22. The zero-order valence-electron chi connectivity index (χ0n) is 14.5. The average Bonchev–Trinajstić information content (AvgIpc) is 2.70. The quantitative estimate of drug-likeness (QED) is 0.397. The number of nitrogens with one attached hydrogen (secondary N) is 2. The van der Waals surface area contributed by atoms with Crippen LogP contribution in [0.2, 0.25) is 0 Å². The van der Waals surface area contributed by atoms with Crippen LogP contribution < -0.4 is 15.4 Å². The molecule has 0 bridgehead atoms. The number of amides is 2.